The van der Waals surface area contributed by atoms with Crippen LogP contribution in [0.25, 0.3) is 17.2 Å². The third kappa shape index (κ3) is 6.12. The van der Waals surface area contributed by atoms with Crippen LogP contribution in [0.15, 0.2) is 36.4 Å². The van der Waals surface area contributed by atoms with Crippen LogP contribution in [-0.4, -0.2) is 50.7 Å². The van der Waals surface area contributed by atoms with Gasteiger partial charge in [0.15, 0.2) is 11.5 Å². The highest BCUT2D eigenvalue weighted by molar-refractivity contribution is 5.85. The van der Waals surface area contributed by atoms with Crippen LogP contribution >= 0.6 is 0 Å². The first-order valence-corrected chi connectivity index (χ1v) is 11.0. The third-order valence-electron chi connectivity index (χ3n) is 5.49. The molecule has 0 unspecified atom stereocenters. The van der Waals surface area contributed by atoms with Gasteiger partial charge in [0.25, 0.3) is 0 Å². The number of rotatable bonds is 9. The number of hydrogen-bond acceptors (Lipinski definition) is 6. The summed E-state index contributed by atoms with van der Waals surface area (Å²) in [5.74, 6) is 0.441. The first kappa shape index (κ1) is 24.7. The van der Waals surface area contributed by atoms with Gasteiger partial charge in [0.1, 0.15) is 18.5 Å². The minimum atomic E-state index is -0.729. The van der Waals surface area contributed by atoms with Gasteiger partial charge >= 0.3 is 5.97 Å². The lowest BCUT2D eigenvalue weighted by Gasteiger charge is -2.25. The van der Waals surface area contributed by atoms with Crippen LogP contribution in [0, 0.1) is 5.82 Å². The van der Waals surface area contributed by atoms with Crippen LogP contribution in [0.4, 0.5) is 4.39 Å². The lowest BCUT2D eigenvalue weighted by Crippen LogP contribution is -2.31. The predicted molar refractivity (Wildman–Crippen MR) is 124 cm³/mol. The van der Waals surface area contributed by atoms with Gasteiger partial charge in [0.2, 0.25) is 0 Å². The number of carbonyl (C=O) groups excluding carboxylic acids is 1. The summed E-state index contributed by atoms with van der Waals surface area (Å²) in [5.41, 5.74) is 3.34. The fourth-order valence-electron chi connectivity index (χ4n) is 3.91. The molecule has 0 saturated carbocycles. The topological polar surface area (TPSA) is 74.2 Å². The Labute approximate surface area is 193 Å². The maximum absolute atomic E-state index is 13.7. The van der Waals surface area contributed by atoms with Crippen LogP contribution in [0.2, 0.25) is 0 Å². The molecule has 0 aliphatic carbocycles. The monoisotopic (exact) mass is 458 g/mol. The zero-order valence-corrected chi connectivity index (χ0v) is 19.5. The van der Waals surface area contributed by atoms with Gasteiger partial charge in [-0.2, -0.15) is 0 Å². The van der Waals surface area contributed by atoms with Gasteiger partial charge in [-0.15, -0.1) is 0 Å². The summed E-state index contributed by atoms with van der Waals surface area (Å²) in [4.78, 5) is 11.8. The summed E-state index contributed by atoms with van der Waals surface area (Å²) in [7, 11) is 3.17. The quantitative estimate of drug-likeness (QED) is 0.433. The van der Waals surface area contributed by atoms with E-state index in [1.807, 2.05) is 12.1 Å². The maximum Gasteiger partial charge on any atom is 0.309 e. The smallest absolute Gasteiger partial charge is 0.309 e. The molecule has 2 atom stereocenters. The number of aliphatic hydroxyl groups is 1. The zero-order chi connectivity index (χ0) is 24.0. The fraction of sp³-hybridized carbons (Fsp3) is 0.423. The number of benzene rings is 2. The Kier molecular flexibility index (Phi) is 8.47. The van der Waals surface area contributed by atoms with E-state index in [4.69, 9.17) is 18.9 Å². The van der Waals surface area contributed by atoms with Crippen LogP contribution < -0.4 is 9.47 Å². The highest BCUT2D eigenvalue weighted by atomic mass is 19.1. The van der Waals surface area contributed by atoms with Crippen molar-refractivity contribution >= 4 is 12.0 Å². The molecule has 1 saturated heterocycles. The average molecular weight is 459 g/mol. The van der Waals surface area contributed by atoms with Crippen molar-refractivity contribution in [1.29, 1.82) is 0 Å². The van der Waals surface area contributed by atoms with Crippen molar-refractivity contribution in [3.63, 3.8) is 0 Å². The number of aliphatic hydroxyl groups excluding tert-OH is 1. The van der Waals surface area contributed by atoms with Crippen molar-refractivity contribution in [2.45, 2.75) is 44.8 Å². The molecule has 2 aromatic carbocycles. The SMILES string of the molecule is COCCOc1cc(C(C)C)c(C=C[C@@H]2C[C@@H](O)CC(=O)O2)c(-c2ccc(F)cc2)c1OC. The first-order valence-electron chi connectivity index (χ1n) is 11.0. The minimum absolute atomic E-state index is 0.00372. The number of halogens is 1. The summed E-state index contributed by atoms with van der Waals surface area (Å²) in [6.07, 6.45) is 2.73. The number of hydrogen-bond donors (Lipinski definition) is 1. The van der Waals surface area contributed by atoms with Crippen LogP contribution in [0.5, 0.6) is 11.5 Å². The van der Waals surface area contributed by atoms with E-state index in [0.717, 1.165) is 22.3 Å². The molecule has 1 N–H and O–H groups in total. The Morgan fingerprint density at radius 2 is 1.94 bits per heavy atom. The van der Waals surface area contributed by atoms with Crippen LogP contribution in [0.3, 0.4) is 0 Å². The van der Waals surface area contributed by atoms with Crippen molar-refractivity contribution in [2.24, 2.45) is 0 Å². The summed E-state index contributed by atoms with van der Waals surface area (Å²) in [5, 5.41) is 9.95. The van der Waals surface area contributed by atoms with Crippen molar-refractivity contribution < 1.29 is 33.2 Å². The summed E-state index contributed by atoms with van der Waals surface area (Å²) >= 11 is 0. The summed E-state index contributed by atoms with van der Waals surface area (Å²) in [6.45, 7) is 4.90. The number of methoxy groups -OCH3 is 2. The van der Waals surface area contributed by atoms with Gasteiger partial charge < -0.3 is 24.1 Å². The zero-order valence-electron chi connectivity index (χ0n) is 19.5. The Bertz CT molecular complexity index is 983. The lowest BCUT2D eigenvalue weighted by atomic mass is 9.88. The predicted octanol–water partition coefficient (Wildman–Crippen LogP) is 4.73. The molecule has 1 aliphatic rings. The second-order valence-corrected chi connectivity index (χ2v) is 8.27. The van der Waals surface area contributed by atoms with Gasteiger partial charge in [-0.1, -0.05) is 32.1 Å². The molecule has 33 heavy (non-hydrogen) atoms. The van der Waals surface area contributed by atoms with E-state index in [1.165, 1.54) is 12.1 Å². The van der Waals surface area contributed by atoms with Gasteiger partial charge in [0, 0.05) is 19.1 Å². The molecule has 0 radical (unpaired) electrons. The van der Waals surface area contributed by atoms with Gasteiger partial charge in [0.05, 0.1) is 26.2 Å². The Morgan fingerprint density at radius 3 is 2.55 bits per heavy atom. The molecule has 1 fully saturated rings. The summed E-state index contributed by atoms with van der Waals surface area (Å²) < 4.78 is 35.9. The number of esters is 1. The van der Waals surface area contributed by atoms with E-state index in [2.05, 4.69) is 13.8 Å². The first-order chi connectivity index (χ1) is 15.8. The van der Waals surface area contributed by atoms with Crippen LogP contribution in [0.1, 0.15) is 43.7 Å². The molecular formula is C26H31FO6. The maximum atomic E-state index is 13.7. The second kappa shape index (κ2) is 11.3. The molecular weight excluding hydrogens is 427 g/mol. The molecule has 3 rings (SSSR count). The number of cyclic esters (lactones) is 1. The molecule has 0 amide bonds. The highest BCUT2D eigenvalue weighted by Crippen LogP contribution is 2.45. The van der Waals surface area contributed by atoms with E-state index in [9.17, 15) is 14.3 Å². The molecule has 2 aromatic rings. The van der Waals surface area contributed by atoms with E-state index >= 15 is 0 Å². The Hall–Kier alpha value is -2.90. The van der Waals surface area contributed by atoms with E-state index in [1.54, 1.807) is 32.4 Å². The highest BCUT2D eigenvalue weighted by Gasteiger charge is 2.26. The molecule has 6 nitrogen and oxygen atoms in total. The average Bonchev–Trinajstić information content (AvgIpc) is 2.77. The lowest BCUT2D eigenvalue weighted by molar-refractivity contribution is -0.156. The van der Waals surface area contributed by atoms with E-state index < -0.39 is 18.2 Å². The largest absolute Gasteiger partial charge is 0.492 e. The van der Waals surface area contributed by atoms with E-state index in [0.29, 0.717) is 31.1 Å². The number of ether oxygens (including phenoxy) is 4. The molecule has 178 valence electrons. The molecule has 7 heteroatoms. The normalized spacial score (nSPS) is 18.6. The Morgan fingerprint density at radius 1 is 1.21 bits per heavy atom. The molecule has 0 aromatic heterocycles. The van der Waals surface area contributed by atoms with Crippen molar-refractivity contribution in [1.82, 2.24) is 0 Å². The molecule has 0 bridgehead atoms. The Balaban J connectivity index is 2.16. The minimum Gasteiger partial charge on any atom is -0.492 e. The standard InChI is InChI=1S/C26H31FO6/c1-16(2)22-15-23(32-12-11-30-3)26(31-4)25(17-5-7-18(27)8-6-17)21(22)10-9-20-13-19(28)14-24(29)33-20/h5-10,15-16,19-20,28H,11-14H2,1-4H3/t19-,20-/m1/s1. The van der Waals surface area contributed by atoms with Gasteiger partial charge in [-0.05, 0) is 46.9 Å². The second-order valence-electron chi connectivity index (χ2n) is 8.27. The van der Waals surface area contributed by atoms with Crippen molar-refractivity contribution in [3.8, 4) is 22.6 Å². The summed E-state index contributed by atoms with van der Waals surface area (Å²) in [6, 6.07) is 8.12. The van der Waals surface area contributed by atoms with Crippen molar-refractivity contribution in [3.05, 3.63) is 53.4 Å². The molecule has 0 spiro atoms. The number of carbonyl (C=O) groups is 1. The van der Waals surface area contributed by atoms with Crippen molar-refractivity contribution in [2.75, 3.05) is 27.4 Å². The van der Waals surface area contributed by atoms with Gasteiger partial charge in [-0.3, -0.25) is 4.79 Å². The van der Waals surface area contributed by atoms with Crippen LogP contribution in [-0.2, 0) is 14.3 Å². The molecule has 1 heterocycles. The molecule has 1 aliphatic heterocycles. The third-order valence-corrected chi connectivity index (χ3v) is 5.49. The fourth-order valence-corrected chi connectivity index (χ4v) is 3.91. The van der Waals surface area contributed by atoms with E-state index in [-0.39, 0.29) is 18.2 Å². The van der Waals surface area contributed by atoms with Gasteiger partial charge in [-0.25, -0.2) is 4.39 Å².